The van der Waals surface area contributed by atoms with E-state index in [0.717, 1.165) is 17.4 Å². The Balaban J connectivity index is 1.53. The lowest BCUT2D eigenvalue weighted by atomic mass is 9.86. The molecule has 1 N–H and O–H groups in total. The van der Waals surface area contributed by atoms with Crippen molar-refractivity contribution in [3.8, 4) is 17.2 Å². The van der Waals surface area contributed by atoms with Crippen molar-refractivity contribution in [3.63, 3.8) is 0 Å². The van der Waals surface area contributed by atoms with Gasteiger partial charge in [0.05, 0.1) is 18.5 Å². The Morgan fingerprint density at radius 2 is 1.81 bits per heavy atom. The Morgan fingerprint density at radius 1 is 1.10 bits per heavy atom. The smallest absolute Gasteiger partial charge is 0.263 e. The van der Waals surface area contributed by atoms with Crippen molar-refractivity contribution < 1.29 is 27.4 Å². The first kappa shape index (κ1) is 21.3. The van der Waals surface area contributed by atoms with Gasteiger partial charge in [0.25, 0.3) is 5.91 Å². The summed E-state index contributed by atoms with van der Waals surface area (Å²) in [4.78, 5) is 12.8. The summed E-state index contributed by atoms with van der Waals surface area (Å²) in [6.07, 6.45) is 0.171. The van der Waals surface area contributed by atoms with E-state index >= 15 is 0 Å². The number of rotatable bonds is 4. The Kier molecular flexibility index (Phi) is 5.25. The van der Waals surface area contributed by atoms with E-state index in [9.17, 15) is 13.2 Å². The number of benzene rings is 2. The van der Waals surface area contributed by atoms with Gasteiger partial charge in [0.2, 0.25) is 16.8 Å². The predicted octanol–water partition coefficient (Wildman–Crippen LogP) is 2.56. The number of amides is 1. The van der Waals surface area contributed by atoms with E-state index in [1.807, 2.05) is 18.2 Å². The third-order valence-corrected chi connectivity index (χ3v) is 6.44. The fourth-order valence-corrected chi connectivity index (χ4v) is 4.43. The first-order valence-corrected chi connectivity index (χ1v) is 11.8. The molecule has 0 radical (unpaired) electrons. The zero-order chi connectivity index (χ0) is 22.4. The highest BCUT2D eigenvalue weighted by molar-refractivity contribution is 7.92. The van der Waals surface area contributed by atoms with Crippen molar-refractivity contribution in [1.82, 2.24) is 5.32 Å². The highest BCUT2D eigenvalue weighted by atomic mass is 32.2. The highest BCUT2D eigenvalue weighted by Crippen LogP contribution is 2.38. The third kappa shape index (κ3) is 4.41. The Morgan fingerprint density at radius 3 is 2.52 bits per heavy atom. The van der Waals surface area contributed by atoms with Crippen molar-refractivity contribution >= 4 is 21.6 Å². The molecule has 0 saturated heterocycles. The molecule has 166 valence electrons. The quantitative estimate of drug-likeness (QED) is 0.776. The van der Waals surface area contributed by atoms with E-state index in [4.69, 9.17) is 14.2 Å². The first-order valence-electron chi connectivity index (χ1n) is 9.97. The van der Waals surface area contributed by atoms with Gasteiger partial charge in [0, 0.05) is 6.54 Å². The summed E-state index contributed by atoms with van der Waals surface area (Å²) in [7, 11) is -3.60. The van der Waals surface area contributed by atoms with Crippen molar-refractivity contribution in [2.45, 2.75) is 38.8 Å². The number of carbonyl (C=O) groups is 1. The molecule has 2 heterocycles. The molecule has 2 aliphatic rings. The lowest BCUT2D eigenvalue weighted by molar-refractivity contribution is -0.127. The molecule has 2 aromatic rings. The monoisotopic (exact) mass is 446 g/mol. The maximum absolute atomic E-state index is 12.8. The number of nitrogens with zero attached hydrogens (tertiary/aromatic N) is 1. The Hall–Kier alpha value is -2.94. The van der Waals surface area contributed by atoms with Gasteiger partial charge in [-0.15, -0.1) is 0 Å². The SMILES string of the molecule is CC(C)(C)c1ccc2c(c1)N(S(C)(=O)=O)C[C@H](C(=O)NCc1ccc3c(c1)OCO3)O2. The van der Waals surface area contributed by atoms with Gasteiger partial charge in [-0.3, -0.25) is 9.10 Å². The maximum Gasteiger partial charge on any atom is 0.263 e. The van der Waals surface area contributed by atoms with Gasteiger partial charge >= 0.3 is 0 Å². The normalized spacial score (nSPS) is 17.7. The van der Waals surface area contributed by atoms with Gasteiger partial charge in [-0.25, -0.2) is 8.42 Å². The van der Waals surface area contributed by atoms with Gasteiger partial charge in [0.15, 0.2) is 17.6 Å². The summed E-state index contributed by atoms with van der Waals surface area (Å²) >= 11 is 0. The van der Waals surface area contributed by atoms with Crippen LogP contribution in [0.4, 0.5) is 5.69 Å². The molecule has 2 aliphatic heterocycles. The minimum atomic E-state index is -3.60. The number of carbonyl (C=O) groups excluding carboxylic acids is 1. The molecule has 0 saturated carbocycles. The molecule has 0 aromatic heterocycles. The molecule has 9 heteroatoms. The van der Waals surface area contributed by atoms with Crippen LogP contribution in [0.1, 0.15) is 31.9 Å². The molecule has 0 unspecified atom stereocenters. The second kappa shape index (κ2) is 7.64. The average molecular weight is 447 g/mol. The summed E-state index contributed by atoms with van der Waals surface area (Å²) in [5, 5.41) is 2.82. The molecule has 31 heavy (non-hydrogen) atoms. The molecule has 0 aliphatic carbocycles. The molecular weight excluding hydrogens is 420 g/mol. The van der Waals surface area contributed by atoms with Gasteiger partial charge < -0.3 is 19.5 Å². The standard InChI is InChI=1S/C22H26N2O6S/c1-22(2,3)15-6-8-17-16(10-15)24(31(4,26)27)12-20(30-17)21(25)23-11-14-5-7-18-19(9-14)29-13-28-18/h5-10,20H,11-13H2,1-4H3,(H,23,25)/t20-/m1/s1. The summed E-state index contributed by atoms with van der Waals surface area (Å²) in [6, 6.07) is 10.9. The van der Waals surface area contributed by atoms with E-state index in [1.54, 1.807) is 18.2 Å². The topological polar surface area (TPSA) is 94.2 Å². The van der Waals surface area contributed by atoms with Crippen LogP contribution in [0.3, 0.4) is 0 Å². The zero-order valence-corrected chi connectivity index (χ0v) is 18.8. The van der Waals surface area contributed by atoms with Gasteiger partial charge in [-0.05, 0) is 40.8 Å². The van der Waals surface area contributed by atoms with Crippen molar-refractivity contribution in [1.29, 1.82) is 0 Å². The second-order valence-electron chi connectivity index (χ2n) is 8.74. The van der Waals surface area contributed by atoms with Crippen molar-refractivity contribution in [2.24, 2.45) is 0 Å². The average Bonchev–Trinajstić information content (AvgIpc) is 3.17. The van der Waals surface area contributed by atoms with Gasteiger partial charge in [-0.1, -0.05) is 32.9 Å². The first-order chi connectivity index (χ1) is 14.5. The van der Waals surface area contributed by atoms with E-state index in [-0.39, 0.29) is 25.3 Å². The lowest BCUT2D eigenvalue weighted by Crippen LogP contribution is -2.50. The molecular formula is C22H26N2O6S. The van der Waals surface area contributed by atoms with Gasteiger partial charge in [-0.2, -0.15) is 0 Å². The number of hydrogen-bond donors (Lipinski definition) is 1. The molecule has 4 rings (SSSR count). The maximum atomic E-state index is 12.8. The number of anilines is 1. The minimum absolute atomic E-state index is 0.0909. The van der Waals surface area contributed by atoms with E-state index in [2.05, 4.69) is 26.1 Å². The molecule has 1 atom stereocenters. The summed E-state index contributed by atoms with van der Waals surface area (Å²) in [6.45, 7) is 6.50. The number of sulfonamides is 1. The number of hydrogen-bond acceptors (Lipinski definition) is 6. The Bertz CT molecular complexity index is 1120. The summed E-state index contributed by atoms with van der Waals surface area (Å²) in [5.41, 5.74) is 2.12. The molecule has 1 amide bonds. The number of nitrogens with one attached hydrogen (secondary N) is 1. The fraction of sp³-hybridized carbons (Fsp3) is 0.409. The summed E-state index contributed by atoms with van der Waals surface area (Å²) < 4.78 is 42.7. The lowest BCUT2D eigenvalue weighted by Gasteiger charge is -2.35. The van der Waals surface area contributed by atoms with E-state index < -0.39 is 22.0 Å². The van der Waals surface area contributed by atoms with Crippen molar-refractivity contribution in [2.75, 3.05) is 23.9 Å². The molecule has 0 fully saturated rings. The molecule has 0 spiro atoms. The van der Waals surface area contributed by atoms with Crippen LogP contribution in [-0.4, -0.2) is 40.0 Å². The Labute approximate surface area is 182 Å². The van der Waals surface area contributed by atoms with Crippen LogP contribution >= 0.6 is 0 Å². The second-order valence-corrected chi connectivity index (χ2v) is 10.6. The highest BCUT2D eigenvalue weighted by Gasteiger charge is 2.35. The zero-order valence-electron chi connectivity index (χ0n) is 18.0. The van der Waals surface area contributed by atoms with Crippen LogP contribution in [0.15, 0.2) is 36.4 Å². The fourth-order valence-electron chi connectivity index (χ4n) is 3.52. The van der Waals surface area contributed by atoms with Crippen molar-refractivity contribution in [3.05, 3.63) is 47.5 Å². The number of ether oxygens (including phenoxy) is 3. The van der Waals surface area contributed by atoms with Crippen LogP contribution in [0.2, 0.25) is 0 Å². The third-order valence-electron chi connectivity index (χ3n) is 5.29. The molecule has 0 bridgehead atoms. The van der Waals surface area contributed by atoms with Gasteiger partial charge in [0.1, 0.15) is 5.75 Å². The van der Waals surface area contributed by atoms with Crippen LogP contribution in [0.25, 0.3) is 0 Å². The van der Waals surface area contributed by atoms with E-state index in [1.165, 1.54) is 4.31 Å². The number of fused-ring (bicyclic) bond motifs is 2. The van der Waals surface area contributed by atoms with E-state index in [0.29, 0.717) is 22.9 Å². The van der Waals surface area contributed by atoms with Crippen LogP contribution < -0.4 is 23.8 Å². The van der Waals surface area contributed by atoms with Crippen LogP contribution in [0.5, 0.6) is 17.2 Å². The predicted molar refractivity (Wildman–Crippen MR) is 116 cm³/mol. The molecule has 2 aromatic carbocycles. The summed E-state index contributed by atoms with van der Waals surface area (Å²) in [5.74, 6) is 1.28. The minimum Gasteiger partial charge on any atom is -0.476 e. The van der Waals surface area contributed by atoms with Crippen LogP contribution in [-0.2, 0) is 26.8 Å². The molecule has 8 nitrogen and oxygen atoms in total. The largest absolute Gasteiger partial charge is 0.476 e. The van der Waals surface area contributed by atoms with Crippen LogP contribution in [0, 0.1) is 0 Å².